The maximum atomic E-state index is 13.1. The van der Waals surface area contributed by atoms with E-state index in [0.29, 0.717) is 12.1 Å². The minimum atomic E-state index is -0.188. The summed E-state index contributed by atoms with van der Waals surface area (Å²) >= 11 is 0. The van der Waals surface area contributed by atoms with E-state index in [9.17, 15) is 9.59 Å². The number of likely N-dealkylation sites (N-methyl/N-ethyl adjacent to an activating group) is 1. The third kappa shape index (κ3) is 3.78. The molecule has 2 amide bonds. The zero-order valence-electron chi connectivity index (χ0n) is 15.5. The van der Waals surface area contributed by atoms with Gasteiger partial charge in [0.05, 0.1) is 17.9 Å². The molecule has 2 aromatic carbocycles. The van der Waals surface area contributed by atoms with E-state index < -0.39 is 0 Å². The molecule has 136 valence electrons. The van der Waals surface area contributed by atoms with Crippen molar-refractivity contribution >= 4 is 23.2 Å². The van der Waals surface area contributed by atoms with E-state index in [1.807, 2.05) is 61.3 Å². The molecule has 26 heavy (non-hydrogen) atoms. The number of nitrogens with zero attached hydrogens (tertiary/aromatic N) is 2. The molecule has 1 aliphatic heterocycles. The van der Waals surface area contributed by atoms with Crippen molar-refractivity contribution in [1.82, 2.24) is 4.90 Å². The summed E-state index contributed by atoms with van der Waals surface area (Å²) < 4.78 is 0. The molecule has 3 rings (SSSR count). The average molecular weight is 351 g/mol. The molecule has 0 aliphatic carbocycles. The molecule has 0 spiro atoms. The fraction of sp³-hybridized carbons (Fsp3) is 0.333. The first kappa shape index (κ1) is 18.1. The number of nitrogens with one attached hydrogen (secondary N) is 1. The van der Waals surface area contributed by atoms with Crippen LogP contribution in [0.1, 0.15) is 31.9 Å². The summed E-state index contributed by atoms with van der Waals surface area (Å²) in [6.07, 6.45) is 0.290. The van der Waals surface area contributed by atoms with Crippen LogP contribution in [0.15, 0.2) is 54.6 Å². The number of anilines is 2. The van der Waals surface area contributed by atoms with Gasteiger partial charge in [-0.25, -0.2) is 0 Å². The first-order valence-corrected chi connectivity index (χ1v) is 8.93. The summed E-state index contributed by atoms with van der Waals surface area (Å²) in [7, 11) is 1.95. The van der Waals surface area contributed by atoms with E-state index in [4.69, 9.17) is 0 Å². The Morgan fingerprint density at radius 2 is 1.85 bits per heavy atom. The van der Waals surface area contributed by atoms with Crippen LogP contribution in [0, 0.1) is 0 Å². The van der Waals surface area contributed by atoms with Crippen molar-refractivity contribution in [2.24, 2.45) is 0 Å². The second-order valence-electron chi connectivity index (χ2n) is 6.88. The summed E-state index contributed by atoms with van der Waals surface area (Å²) in [5, 5.41) is 2.89. The van der Waals surface area contributed by atoms with Crippen LogP contribution >= 0.6 is 0 Å². The molecule has 2 aromatic rings. The van der Waals surface area contributed by atoms with Gasteiger partial charge < -0.3 is 10.2 Å². The lowest BCUT2D eigenvalue weighted by Gasteiger charge is -2.31. The number of hydrogen-bond donors (Lipinski definition) is 1. The molecule has 1 aliphatic rings. The first-order chi connectivity index (χ1) is 12.5. The van der Waals surface area contributed by atoms with Crippen LogP contribution < -0.4 is 10.2 Å². The maximum absolute atomic E-state index is 13.1. The van der Waals surface area contributed by atoms with Crippen molar-refractivity contribution in [1.29, 1.82) is 0 Å². The zero-order valence-corrected chi connectivity index (χ0v) is 15.5. The van der Waals surface area contributed by atoms with Crippen molar-refractivity contribution < 1.29 is 9.59 Å². The predicted molar refractivity (Wildman–Crippen MR) is 104 cm³/mol. The summed E-state index contributed by atoms with van der Waals surface area (Å²) in [4.78, 5) is 29.0. The fourth-order valence-corrected chi connectivity index (χ4v) is 3.38. The maximum Gasteiger partial charge on any atom is 0.241 e. The molecular formula is C21H25N3O2. The van der Waals surface area contributed by atoms with Crippen molar-refractivity contribution in [2.45, 2.75) is 32.4 Å². The first-order valence-electron chi connectivity index (χ1n) is 8.93. The molecule has 0 saturated carbocycles. The Morgan fingerprint density at radius 1 is 1.19 bits per heavy atom. The van der Waals surface area contributed by atoms with E-state index in [1.165, 1.54) is 5.56 Å². The molecule has 5 heteroatoms. The second-order valence-corrected chi connectivity index (χ2v) is 6.88. The highest BCUT2D eigenvalue weighted by Gasteiger charge is 2.30. The summed E-state index contributed by atoms with van der Waals surface area (Å²) in [5.74, 6) is -0.0713. The van der Waals surface area contributed by atoms with E-state index >= 15 is 0 Å². The molecule has 0 saturated heterocycles. The Hall–Kier alpha value is -2.66. The number of rotatable bonds is 4. The lowest BCUT2D eigenvalue weighted by Crippen LogP contribution is -2.44. The number of benzene rings is 2. The molecule has 0 unspecified atom stereocenters. The molecule has 0 aromatic heterocycles. The van der Waals surface area contributed by atoms with Gasteiger partial charge in [-0.2, -0.15) is 0 Å². The lowest BCUT2D eigenvalue weighted by molar-refractivity contribution is -0.120. The summed E-state index contributed by atoms with van der Waals surface area (Å²) in [5.41, 5.74) is 2.62. The van der Waals surface area contributed by atoms with Gasteiger partial charge in [-0.1, -0.05) is 42.5 Å². The third-order valence-electron chi connectivity index (χ3n) is 4.96. The van der Waals surface area contributed by atoms with Crippen LogP contribution in [0.2, 0.25) is 0 Å². The molecule has 2 atom stereocenters. The molecular weight excluding hydrogens is 326 g/mol. The molecule has 5 nitrogen and oxygen atoms in total. The van der Waals surface area contributed by atoms with Gasteiger partial charge in [0, 0.05) is 18.5 Å². The van der Waals surface area contributed by atoms with E-state index in [1.54, 1.807) is 4.90 Å². The van der Waals surface area contributed by atoms with Gasteiger partial charge in [-0.15, -0.1) is 0 Å². The minimum absolute atomic E-state index is 0.00766. The number of para-hydroxylation sites is 2. The Labute approximate surface area is 154 Å². The number of fused-ring (bicyclic) bond motifs is 1. The third-order valence-corrected chi connectivity index (χ3v) is 4.96. The Balaban J connectivity index is 1.81. The van der Waals surface area contributed by atoms with Crippen LogP contribution in [0.3, 0.4) is 0 Å². The summed E-state index contributed by atoms with van der Waals surface area (Å²) in [6.45, 7) is 4.29. The average Bonchev–Trinajstić information content (AvgIpc) is 2.75. The van der Waals surface area contributed by atoms with Gasteiger partial charge >= 0.3 is 0 Å². The molecule has 1 heterocycles. The van der Waals surface area contributed by atoms with Gasteiger partial charge in [-0.3, -0.25) is 14.5 Å². The zero-order chi connectivity index (χ0) is 18.7. The highest BCUT2D eigenvalue weighted by atomic mass is 16.2. The smallest absolute Gasteiger partial charge is 0.241 e. The van der Waals surface area contributed by atoms with E-state index in [2.05, 4.69) is 24.4 Å². The highest BCUT2D eigenvalue weighted by molar-refractivity contribution is 6.04. The standard InChI is InChI=1S/C21H25N3O2/c1-15-13-20(25)22-18-11-7-8-12-19(18)24(15)21(26)14-23(3)16(2)17-9-5-4-6-10-17/h4-12,15-16H,13-14H2,1-3H3,(H,22,25)/t15-,16+/m0/s1. The molecule has 0 radical (unpaired) electrons. The van der Waals surface area contributed by atoms with Crippen LogP contribution in [0.4, 0.5) is 11.4 Å². The number of hydrogen-bond acceptors (Lipinski definition) is 3. The number of amides is 2. The molecule has 0 fully saturated rings. The highest BCUT2D eigenvalue weighted by Crippen LogP contribution is 2.31. The SMILES string of the molecule is C[C@H](c1ccccc1)N(C)CC(=O)N1c2ccccc2NC(=O)C[C@@H]1C. The van der Waals surface area contributed by atoms with Crippen molar-refractivity contribution in [2.75, 3.05) is 23.8 Å². The normalized spacial score (nSPS) is 18.1. The predicted octanol–water partition coefficient (Wildman–Crippen LogP) is 3.44. The quantitative estimate of drug-likeness (QED) is 0.918. The van der Waals surface area contributed by atoms with Crippen molar-refractivity contribution in [3.63, 3.8) is 0 Å². The lowest BCUT2D eigenvalue weighted by atomic mass is 10.1. The van der Waals surface area contributed by atoms with Crippen LogP contribution in [-0.2, 0) is 9.59 Å². The van der Waals surface area contributed by atoms with Gasteiger partial charge in [-0.05, 0) is 38.6 Å². The Kier molecular flexibility index (Phi) is 5.38. The van der Waals surface area contributed by atoms with Gasteiger partial charge in [0.25, 0.3) is 0 Å². The fourth-order valence-electron chi connectivity index (χ4n) is 3.38. The van der Waals surface area contributed by atoms with Crippen molar-refractivity contribution in [3.8, 4) is 0 Å². The summed E-state index contributed by atoms with van der Waals surface area (Å²) in [6, 6.07) is 17.5. The van der Waals surface area contributed by atoms with Gasteiger partial charge in [0.1, 0.15) is 0 Å². The Bertz CT molecular complexity index is 791. The van der Waals surface area contributed by atoms with E-state index in [-0.39, 0.29) is 30.4 Å². The second kappa shape index (κ2) is 7.70. The largest absolute Gasteiger partial charge is 0.324 e. The van der Waals surface area contributed by atoms with Gasteiger partial charge in [0.15, 0.2) is 0 Å². The van der Waals surface area contributed by atoms with E-state index in [0.717, 1.165) is 5.69 Å². The van der Waals surface area contributed by atoms with Crippen LogP contribution in [-0.4, -0.2) is 36.3 Å². The monoisotopic (exact) mass is 351 g/mol. The Morgan fingerprint density at radius 3 is 2.58 bits per heavy atom. The van der Waals surface area contributed by atoms with Crippen molar-refractivity contribution in [3.05, 3.63) is 60.2 Å². The van der Waals surface area contributed by atoms with Crippen LogP contribution in [0.25, 0.3) is 0 Å². The molecule has 0 bridgehead atoms. The van der Waals surface area contributed by atoms with Crippen LogP contribution in [0.5, 0.6) is 0 Å². The number of carbonyl (C=O) groups is 2. The van der Waals surface area contributed by atoms with Gasteiger partial charge in [0.2, 0.25) is 11.8 Å². The number of carbonyl (C=O) groups excluding carboxylic acids is 2. The topological polar surface area (TPSA) is 52.7 Å². The molecule has 1 N–H and O–H groups in total. The minimum Gasteiger partial charge on any atom is -0.324 e.